The number of rotatable bonds is 6. The molecule has 0 aromatic heterocycles. The highest BCUT2D eigenvalue weighted by Crippen LogP contribution is 2.38. The summed E-state index contributed by atoms with van der Waals surface area (Å²) in [5, 5.41) is 12.1. The largest absolute Gasteiger partial charge is 0.396 e. The number of thioether (sulfide) groups is 1. The number of urea groups is 1. The molecule has 0 radical (unpaired) electrons. The lowest BCUT2D eigenvalue weighted by Gasteiger charge is -2.25. The zero-order valence-electron chi connectivity index (χ0n) is 13.9. The molecule has 2 fully saturated rings. The average Bonchev–Trinajstić information content (AvgIpc) is 3.10. The van der Waals surface area contributed by atoms with Crippen molar-refractivity contribution in [3.8, 4) is 0 Å². The molecule has 24 heavy (non-hydrogen) atoms. The molecule has 2 aliphatic heterocycles. The predicted octanol–water partition coefficient (Wildman–Crippen LogP) is 2.57. The van der Waals surface area contributed by atoms with E-state index < -0.39 is 0 Å². The van der Waals surface area contributed by atoms with Crippen LogP contribution in [0.25, 0.3) is 0 Å². The van der Waals surface area contributed by atoms with Crippen molar-refractivity contribution in [2.24, 2.45) is 0 Å². The Kier molecular flexibility index (Phi) is 5.46. The van der Waals surface area contributed by atoms with Crippen LogP contribution in [0.2, 0.25) is 0 Å². The van der Waals surface area contributed by atoms with Crippen molar-refractivity contribution in [1.29, 1.82) is 0 Å². The number of carbonyl (C=O) groups excluding carboxylic acids is 2. The minimum absolute atomic E-state index is 0.0553. The summed E-state index contributed by atoms with van der Waals surface area (Å²) in [6.07, 6.45) is 3.79. The van der Waals surface area contributed by atoms with E-state index in [1.54, 1.807) is 12.1 Å². The summed E-state index contributed by atoms with van der Waals surface area (Å²) in [5.41, 5.74) is 1.65. The number of fused-ring (bicyclic) bond motifs is 1. The Morgan fingerprint density at radius 1 is 1.29 bits per heavy atom. The van der Waals surface area contributed by atoms with Gasteiger partial charge in [-0.2, -0.15) is 11.8 Å². The Morgan fingerprint density at radius 3 is 2.75 bits per heavy atom. The minimum atomic E-state index is -0.267. The van der Waals surface area contributed by atoms with Crippen LogP contribution in [0.15, 0.2) is 24.3 Å². The number of aryl methyl sites for hydroxylation is 1. The summed E-state index contributed by atoms with van der Waals surface area (Å²) in [4.78, 5) is 26.6. The van der Waals surface area contributed by atoms with Gasteiger partial charge in [0, 0.05) is 23.2 Å². The van der Waals surface area contributed by atoms with Gasteiger partial charge in [0.1, 0.15) is 0 Å². The average molecular weight is 348 g/mol. The Morgan fingerprint density at radius 2 is 2.04 bits per heavy atom. The van der Waals surface area contributed by atoms with Crippen LogP contribution in [0.1, 0.15) is 41.6 Å². The van der Waals surface area contributed by atoms with Gasteiger partial charge in [0.05, 0.1) is 12.1 Å². The topological polar surface area (TPSA) is 69.6 Å². The second-order valence-electron chi connectivity index (χ2n) is 6.53. The maximum Gasteiger partial charge on any atom is 0.325 e. The quantitative estimate of drug-likeness (QED) is 0.612. The first-order chi connectivity index (χ1) is 11.6. The summed E-state index contributed by atoms with van der Waals surface area (Å²) in [6, 6.07) is 7.09. The van der Waals surface area contributed by atoms with Crippen LogP contribution in [-0.4, -0.2) is 51.6 Å². The molecule has 2 N–H and O–H groups in total. The summed E-state index contributed by atoms with van der Waals surface area (Å²) in [6.45, 7) is 2.20. The van der Waals surface area contributed by atoms with Crippen molar-refractivity contribution in [2.75, 3.05) is 12.4 Å². The van der Waals surface area contributed by atoms with E-state index in [0.29, 0.717) is 5.56 Å². The van der Waals surface area contributed by atoms with Gasteiger partial charge in [-0.3, -0.25) is 9.69 Å². The van der Waals surface area contributed by atoms with E-state index in [1.807, 2.05) is 30.8 Å². The molecule has 0 unspecified atom stereocenters. The van der Waals surface area contributed by atoms with E-state index in [4.69, 9.17) is 5.11 Å². The molecule has 0 bridgehead atoms. The number of hydrogen-bond donors (Lipinski definition) is 2. The molecule has 3 rings (SSSR count). The van der Waals surface area contributed by atoms with E-state index in [-0.39, 0.29) is 35.9 Å². The normalized spacial score (nSPS) is 25.7. The molecule has 1 aromatic rings. The molecule has 5 nitrogen and oxygen atoms in total. The molecular formula is C18H24N2O3S. The molecular weight excluding hydrogens is 324 g/mol. The van der Waals surface area contributed by atoms with Gasteiger partial charge in [0.2, 0.25) is 0 Å². The van der Waals surface area contributed by atoms with Crippen molar-refractivity contribution in [2.45, 2.75) is 49.9 Å². The smallest absolute Gasteiger partial charge is 0.325 e. The molecule has 0 spiro atoms. The first-order valence-electron chi connectivity index (χ1n) is 8.55. The van der Waals surface area contributed by atoms with Gasteiger partial charge in [-0.1, -0.05) is 30.5 Å². The van der Waals surface area contributed by atoms with Gasteiger partial charge in [0.15, 0.2) is 0 Å². The monoisotopic (exact) mass is 348 g/mol. The number of imide groups is 1. The molecule has 0 aliphatic carbocycles. The Bertz CT molecular complexity index is 605. The molecule has 1 aromatic carbocycles. The highest BCUT2D eigenvalue weighted by Gasteiger charge is 2.50. The zero-order valence-corrected chi connectivity index (χ0v) is 14.7. The van der Waals surface area contributed by atoms with Crippen molar-refractivity contribution >= 4 is 23.7 Å². The van der Waals surface area contributed by atoms with Gasteiger partial charge < -0.3 is 10.4 Å². The van der Waals surface area contributed by atoms with Gasteiger partial charge in [0.25, 0.3) is 5.91 Å². The maximum absolute atomic E-state index is 12.9. The molecule has 2 heterocycles. The summed E-state index contributed by atoms with van der Waals surface area (Å²) >= 11 is 1.84. The second kappa shape index (κ2) is 7.57. The van der Waals surface area contributed by atoms with Gasteiger partial charge in [-0.25, -0.2) is 4.79 Å². The highest BCUT2D eigenvalue weighted by molar-refractivity contribution is 8.00. The lowest BCUT2D eigenvalue weighted by Crippen LogP contribution is -2.44. The van der Waals surface area contributed by atoms with Crippen LogP contribution >= 0.6 is 11.8 Å². The SMILES string of the molecule is Cc1ccc(C(=O)N2C(=O)N[C@@H]3CS[C@H](CCCCCO)[C@H]32)cc1. The van der Waals surface area contributed by atoms with Gasteiger partial charge in [-0.15, -0.1) is 0 Å². The van der Waals surface area contributed by atoms with E-state index in [9.17, 15) is 9.59 Å². The summed E-state index contributed by atoms with van der Waals surface area (Å²) < 4.78 is 0. The maximum atomic E-state index is 12.9. The summed E-state index contributed by atoms with van der Waals surface area (Å²) in [7, 11) is 0. The Balaban J connectivity index is 1.72. The van der Waals surface area contributed by atoms with Gasteiger partial charge in [-0.05, 0) is 31.9 Å². The van der Waals surface area contributed by atoms with Crippen LogP contribution < -0.4 is 5.32 Å². The number of nitrogens with one attached hydrogen (secondary N) is 1. The third-order valence-corrected chi connectivity index (χ3v) is 6.27. The number of nitrogens with zero attached hydrogens (tertiary/aromatic N) is 1. The first-order valence-corrected chi connectivity index (χ1v) is 9.60. The van der Waals surface area contributed by atoms with Crippen LogP contribution in [0, 0.1) is 6.92 Å². The second-order valence-corrected chi connectivity index (χ2v) is 7.80. The number of unbranched alkanes of at least 4 members (excludes halogenated alkanes) is 2. The van der Waals surface area contributed by atoms with Crippen molar-refractivity contribution < 1.29 is 14.7 Å². The third kappa shape index (κ3) is 3.44. The van der Waals surface area contributed by atoms with E-state index >= 15 is 0 Å². The number of carbonyl (C=O) groups is 2. The van der Waals surface area contributed by atoms with Crippen molar-refractivity contribution in [3.63, 3.8) is 0 Å². The molecule has 2 aliphatic rings. The van der Waals surface area contributed by atoms with Crippen LogP contribution in [-0.2, 0) is 0 Å². The predicted molar refractivity (Wildman–Crippen MR) is 95.3 cm³/mol. The fraction of sp³-hybridized carbons (Fsp3) is 0.556. The van der Waals surface area contributed by atoms with Crippen molar-refractivity contribution in [1.82, 2.24) is 10.2 Å². The molecule has 3 atom stereocenters. The Labute approximate surface area is 146 Å². The molecule has 3 amide bonds. The fourth-order valence-corrected chi connectivity index (χ4v) is 5.05. The molecule has 0 saturated carbocycles. The van der Waals surface area contributed by atoms with Crippen LogP contribution in [0.3, 0.4) is 0 Å². The number of hydrogen-bond acceptors (Lipinski definition) is 4. The number of aliphatic hydroxyl groups excluding tert-OH is 1. The molecule has 130 valence electrons. The van der Waals surface area contributed by atoms with Crippen LogP contribution in [0.5, 0.6) is 0 Å². The lowest BCUT2D eigenvalue weighted by atomic mass is 10.0. The fourth-order valence-electron chi connectivity index (χ4n) is 3.47. The number of aliphatic hydroxyl groups is 1. The zero-order chi connectivity index (χ0) is 17.1. The molecule has 6 heteroatoms. The standard InChI is InChI=1S/C18H24N2O3S/c1-12-6-8-13(9-7-12)17(22)20-16-14(19-18(20)23)11-24-15(16)5-3-2-4-10-21/h6-9,14-16,21H,2-5,10-11H2,1H3,(H,19,23)/t14-,15-,16+/m1/s1. The molecule has 2 saturated heterocycles. The number of benzene rings is 1. The van der Waals surface area contributed by atoms with E-state index in [1.165, 1.54) is 4.90 Å². The number of amides is 3. The van der Waals surface area contributed by atoms with Crippen molar-refractivity contribution in [3.05, 3.63) is 35.4 Å². The van der Waals surface area contributed by atoms with Crippen LogP contribution in [0.4, 0.5) is 4.79 Å². The van der Waals surface area contributed by atoms with E-state index in [2.05, 4.69) is 5.32 Å². The summed E-state index contributed by atoms with van der Waals surface area (Å²) in [5.74, 6) is 0.654. The van der Waals surface area contributed by atoms with Gasteiger partial charge >= 0.3 is 6.03 Å². The van der Waals surface area contributed by atoms with E-state index in [0.717, 1.165) is 37.0 Å². The first kappa shape index (κ1) is 17.3. The minimum Gasteiger partial charge on any atom is -0.396 e. The third-order valence-electron chi connectivity index (χ3n) is 4.77. The lowest BCUT2D eigenvalue weighted by molar-refractivity contribution is 0.0777. The highest BCUT2D eigenvalue weighted by atomic mass is 32.2. The Hall–Kier alpha value is -1.53.